The highest BCUT2D eigenvalue weighted by Crippen LogP contribution is 2.32. The first-order valence-electron chi connectivity index (χ1n) is 9.09. The second-order valence-corrected chi connectivity index (χ2v) is 8.56. The second kappa shape index (κ2) is 10.4. The van der Waals surface area contributed by atoms with Crippen molar-refractivity contribution < 1.29 is 19.3 Å². The Morgan fingerprint density at radius 2 is 1.91 bits per heavy atom. The molecule has 1 aliphatic rings. The number of carbonyl (C=O) groups excluding carboxylic acids is 3. The Balaban J connectivity index is 1.52. The van der Waals surface area contributed by atoms with Crippen LogP contribution in [0, 0.1) is 10.1 Å². The topological polar surface area (TPSA) is 122 Å². The van der Waals surface area contributed by atoms with E-state index in [-0.39, 0.29) is 30.1 Å². The van der Waals surface area contributed by atoms with Crippen LogP contribution in [0.15, 0.2) is 53.4 Å². The van der Waals surface area contributed by atoms with Crippen LogP contribution in [0.2, 0.25) is 5.02 Å². The van der Waals surface area contributed by atoms with Gasteiger partial charge in [0.05, 0.1) is 9.83 Å². The fraction of sp³-hybridized carbons (Fsp3) is 0.100. The van der Waals surface area contributed by atoms with E-state index in [0.717, 1.165) is 23.4 Å². The molecule has 164 valence electrons. The third kappa shape index (κ3) is 5.90. The summed E-state index contributed by atoms with van der Waals surface area (Å²) in [6, 6.07) is 12.0. The number of hydrazine groups is 1. The fourth-order valence-electron chi connectivity index (χ4n) is 2.64. The standard InChI is InChI=1S/C20H15ClN4O5S2/c21-14-6-4-12(5-7-14)10-16-19(28)24(20(31)32-16)9-8-17(26)22-23-18(27)13-2-1-3-15(11-13)25(29)30/h1-7,10-11H,8-9H2,(H,22,26)(H,23,27). The predicted molar refractivity (Wildman–Crippen MR) is 125 cm³/mol. The molecule has 0 saturated carbocycles. The van der Waals surface area contributed by atoms with Crippen molar-refractivity contribution in [3.8, 4) is 0 Å². The molecular weight excluding hydrogens is 476 g/mol. The summed E-state index contributed by atoms with van der Waals surface area (Å²) in [5.74, 6) is -1.58. The Bertz CT molecular complexity index is 1140. The maximum Gasteiger partial charge on any atom is 0.270 e. The highest BCUT2D eigenvalue weighted by Gasteiger charge is 2.32. The highest BCUT2D eigenvalue weighted by atomic mass is 35.5. The van der Waals surface area contributed by atoms with Crippen LogP contribution in [0.1, 0.15) is 22.3 Å². The second-order valence-electron chi connectivity index (χ2n) is 6.44. The fourth-order valence-corrected chi connectivity index (χ4v) is 4.07. The number of hydrogen-bond donors (Lipinski definition) is 2. The summed E-state index contributed by atoms with van der Waals surface area (Å²) in [6.07, 6.45) is 1.57. The first-order chi connectivity index (χ1) is 15.2. The monoisotopic (exact) mass is 490 g/mol. The molecule has 3 rings (SSSR count). The van der Waals surface area contributed by atoms with E-state index in [1.807, 2.05) is 0 Å². The van der Waals surface area contributed by atoms with Gasteiger partial charge >= 0.3 is 0 Å². The number of non-ortho nitro benzene ring substituents is 1. The van der Waals surface area contributed by atoms with Crippen LogP contribution in [0.25, 0.3) is 6.08 Å². The summed E-state index contributed by atoms with van der Waals surface area (Å²) in [5.41, 5.74) is 4.96. The molecule has 2 N–H and O–H groups in total. The minimum Gasteiger partial charge on any atom is -0.292 e. The predicted octanol–water partition coefficient (Wildman–Crippen LogP) is 3.30. The molecule has 0 radical (unpaired) electrons. The number of halogens is 1. The van der Waals surface area contributed by atoms with Gasteiger partial charge in [0.1, 0.15) is 4.32 Å². The van der Waals surface area contributed by atoms with Gasteiger partial charge in [0.15, 0.2) is 0 Å². The zero-order valence-corrected chi connectivity index (χ0v) is 18.6. The SMILES string of the molecule is O=C(CCN1C(=O)C(=Cc2ccc(Cl)cc2)SC1=S)NNC(=O)c1cccc([N+](=O)[O-])c1. The summed E-state index contributed by atoms with van der Waals surface area (Å²) < 4.78 is 0.323. The number of rotatable bonds is 6. The van der Waals surface area contributed by atoms with Crippen LogP contribution in [0.3, 0.4) is 0 Å². The molecule has 12 heteroatoms. The van der Waals surface area contributed by atoms with Gasteiger partial charge in [-0.1, -0.05) is 53.8 Å². The van der Waals surface area contributed by atoms with E-state index in [0.29, 0.717) is 14.2 Å². The van der Waals surface area contributed by atoms with Crippen molar-refractivity contribution in [1.82, 2.24) is 15.8 Å². The zero-order chi connectivity index (χ0) is 23.3. The lowest BCUT2D eigenvalue weighted by Gasteiger charge is -2.14. The van der Waals surface area contributed by atoms with Crippen molar-refractivity contribution in [2.75, 3.05) is 6.54 Å². The minimum absolute atomic E-state index is 0.0174. The van der Waals surface area contributed by atoms with E-state index in [9.17, 15) is 24.5 Å². The Kier molecular flexibility index (Phi) is 7.57. The molecule has 0 aromatic heterocycles. The van der Waals surface area contributed by atoms with Gasteiger partial charge in [-0.15, -0.1) is 0 Å². The van der Waals surface area contributed by atoms with Crippen LogP contribution in [0.5, 0.6) is 0 Å². The molecule has 0 aliphatic carbocycles. The van der Waals surface area contributed by atoms with Gasteiger partial charge in [0.25, 0.3) is 17.5 Å². The van der Waals surface area contributed by atoms with Gasteiger partial charge < -0.3 is 0 Å². The van der Waals surface area contributed by atoms with Crippen LogP contribution >= 0.6 is 35.6 Å². The van der Waals surface area contributed by atoms with Gasteiger partial charge in [0.2, 0.25) is 5.91 Å². The van der Waals surface area contributed by atoms with Crippen molar-refractivity contribution in [2.24, 2.45) is 0 Å². The molecule has 32 heavy (non-hydrogen) atoms. The first kappa shape index (κ1) is 23.4. The normalized spacial score (nSPS) is 14.5. The zero-order valence-electron chi connectivity index (χ0n) is 16.2. The number of hydrogen-bond acceptors (Lipinski definition) is 7. The van der Waals surface area contributed by atoms with Crippen LogP contribution in [-0.2, 0) is 9.59 Å². The quantitative estimate of drug-likeness (QED) is 0.276. The van der Waals surface area contributed by atoms with Crippen molar-refractivity contribution >= 4 is 69.4 Å². The summed E-state index contributed by atoms with van der Waals surface area (Å²) in [4.78, 5) is 48.7. The molecule has 2 aromatic carbocycles. The number of nitrogens with one attached hydrogen (secondary N) is 2. The third-order valence-corrected chi connectivity index (χ3v) is 5.87. The number of carbonyl (C=O) groups is 3. The molecule has 0 bridgehead atoms. The molecular formula is C20H15ClN4O5S2. The Hall–Kier alpha value is -3.28. The van der Waals surface area contributed by atoms with Crippen molar-refractivity contribution in [3.63, 3.8) is 0 Å². The van der Waals surface area contributed by atoms with Gasteiger partial charge in [-0.05, 0) is 29.8 Å². The molecule has 0 spiro atoms. The molecule has 1 saturated heterocycles. The summed E-state index contributed by atoms with van der Waals surface area (Å²) >= 11 is 12.2. The molecule has 2 aromatic rings. The summed E-state index contributed by atoms with van der Waals surface area (Å²) in [5, 5.41) is 11.4. The van der Waals surface area contributed by atoms with Crippen molar-refractivity contribution in [2.45, 2.75) is 6.42 Å². The third-order valence-electron chi connectivity index (χ3n) is 4.24. The Morgan fingerprint density at radius 3 is 2.59 bits per heavy atom. The van der Waals surface area contributed by atoms with Gasteiger partial charge in [0, 0.05) is 35.7 Å². The largest absolute Gasteiger partial charge is 0.292 e. The van der Waals surface area contributed by atoms with Gasteiger partial charge in [-0.2, -0.15) is 0 Å². The van der Waals surface area contributed by atoms with Gasteiger partial charge in [-0.3, -0.25) is 40.2 Å². The van der Waals surface area contributed by atoms with E-state index in [1.165, 1.54) is 23.1 Å². The number of nitrogens with zero attached hydrogens (tertiary/aromatic N) is 2. The van der Waals surface area contributed by atoms with E-state index in [4.69, 9.17) is 23.8 Å². The lowest BCUT2D eigenvalue weighted by Crippen LogP contribution is -2.43. The first-order valence-corrected chi connectivity index (χ1v) is 10.7. The summed E-state index contributed by atoms with van der Waals surface area (Å²) in [6.45, 7) is 0.0289. The van der Waals surface area contributed by atoms with E-state index < -0.39 is 16.7 Å². The number of thiocarbonyl (C=S) groups is 1. The molecule has 1 aliphatic heterocycles. The molecule has 0 atom stereocenters. The average Bonchev–Trinajstić information content (AvgIpc) is 3.04. The number of nitro benzene ring substituents is 1. The Labute approximate surface area is 196 Å². The molecule has 0 unspecified atom stereocenters. The van der Waals surface area contributed by atoms with E-state index >= 15 is 0 Å². The van der Waals surface area contributed by atoms with Crippen molar-refractivity contribution in [1.29, 1.82) is 0 Å². The smallest absolute Gasteiger partial charge is 0.270 e. The molecule has 3 amide bonds. The molecule has 9 nitrogen and oxygen atoms in total. The Morgan fingerprint density at radius 1 is 1.19 bits per heavy atom. The number of thioether (sulfide) groups is 1. The van der Waals surface area contributed by atoms with Gasteiger partial charge in [-0.25, -0.2) is 0 Å². The highest BCUT2D eigenvalue weighted by molar-refractivity contribution is 8.26. The summed E-state index contributed by atoms with van der Waals surface area (Å²) in [7, 11) is 0. The lowest BCUT2D eigenvalue weighted by atomic mass is 10.2. The lowest BCUT2D eigenvalue weighted by molar-refractivity contribution is -0.384. The van der Waals surface area contributed by atoms with E-state index in [1.54, 1.807) is 30.3 Å². The minimum atomic E-state index is -0.710. The number of amides is 3. The molecule has 1 heterocycles. The number of nitro groups is 1. The molecule has 1 fully saturated rings. The van der Waals surface area contributed by atoms with Crippen LogP contribution in [-0.4, -0.2) is 38.4 Å². The average molecular weight is 491 g/mol. The van der Waals surface area contributed by atoms with Crippen LogP contribution < -0.4 is 10.9 Å². The maximum absolute atomic E-state index is 12.6. The van der Waals surface area contributed by atoms with E-state index in [2.05, 4.69) is 10.9 Å². The van der Waals surface area contributed by atoms with Crippen molar-refractivity contribution in [3.05, 3.63) is 79.7 Å². The number of benzene rings is 2. The maximum atomic E-state index is 12.6. The van der Waals surface area contributed by atoms with Crippen LogP contribution in [0.4, 0.5) is 5.69 Å².